The molecule has 27 heavy (non-hydrogen) atoms. The summed E-state index contributed by atoms with van der Waals surface area (Å²) < 4.78 is 3.13. The van der Waals surface area contributed by atoms with E-state index in [0.717, 1.165) is 36.7 Å². The maximum Gasteiger partial charge on any atom is 0.269 e. The molecule has 0 aliphatic carbocycles. The van der Waals surface area contributed by atoms with Crippen LogP contribution in [-0.4, -0.2) is 19.3 Å². The van der Waals surface area contributed by atoms with Crippen molar-refractivity contribution in [2.45, 2.75) is 0 Å². The largest absolute Gasteiger partial charge is 0.276 e. The van der Waals surface area contributed by atoms with Crippen molar-refractivity contribution in [3.63, 3.8) is 0 Å². The molecule has 5 rings (SSSR count). The minimum absolute atomic E-state index is 0.0563. The number of nitro groups is 1. The van der Waals surface area contributed by atoms with Crippen LogP contribution in [0.5, 0.6) is 0 Å². The third kappa shape index (κ3) is 2.54. The Morgan fingerprint density at radius 3 is 2.48 bits per heavy atom. The van der Waals surface area contributed by atoms with Crippen LogP contribution in [0.3, 0.4) is 0 Å². The summed E-state index contributed by atoms with van der Waals surface area (Å²) in [5, 5.41) is 12.0. The van der Waals surface area contributed by atoms with E-state index in [1.54, 1.807) is 12.1 Å². The molecule has 6 nitrogen and oxygen atoms in total. The first-order chi connectivity index (χ1) is 13.1. The minimum atomic E-state index is -0.401. The van der Waals surface area contributed by atoms with Gasteiger partial charge in [-0.3, -0.25) is 14.5 Å². The van der Waals surface area contributed by atoms with Crippen molar-refractivity contribution in [1.82, 2.24) is 14.4 Å². The smallest absolute Gasteiger partial charge is 0.269 e. The number of para-hydroxylation sites is 2. The molecule has 2 heterocycles. The van der Waals surface area contributed by atoms with Crippen LogP contribution < -0.4 is 0 Å². The SMILES string of the molecule is O=[N+]([O-])c1ccc(-c2nc3ccc(I)cc3c3nc4ccccc4n23)cc1. The van der Waals surface area contributed by atoms with Gasteiger partial charge in [-0.05, 0) is 65.1 Å². The van der Waals surface area contributed by atoms with Crippen LogP contribution in [0.1, 0.15) is 0 Å². The van der Waals surface area contributed by atoms with Crippen LogP contribution in [0.2, 0.25) is 0 Å². The number of aromatic nitrogens is 3. The van der Waals surface area contributed by atoms with Crippen molar-refractivity contribution >= 4 is 55.9 Å². The fourth-order valence-electron chi connectivity index (χ4n) is 3.30. The lowest BCUT2D eigenvalue weighted by atomic mass is 10.1. The minimum Gasteiger partial charge on any atom is -0.276 e. The lowest BCUT2D eigenvalue weighted by Gasteiger charge is -2.09. The summed E-state index contributed by atoms with van der Waals surface area (Å²) in [4.78, 5) is 20.3. The van der Waals surface area contributed by atoms with Gasteiger partial charge in [0.2, 0.25) is 0 Å². The lowest BCUT2D eigenvalue weighted by Crippen LogP contribution is -1.98. The number of benzene rings is 3. The molecule has 0 fully saturated rings. The molecule has 0 spiro atoms. The maximum atomic E-state index is 11.0. The van der Waals surface area contributed by atoms with Crippen LogP contribution >= 0.6 is 22.6 Å². The summed E-state index contributed by atoms with van der Waals surface area (Å²) in [5.74, 6) is 0.710. The molecule has 0 aliphatic rings. The van der Waals surface area contributed by atoms with Crippen molar-refractivity contribution < 1.29 is 4.92 Å². The molecule has 0 saturated heterocycles. The number of hydrogen-bond acceptors (Lipinski definition) is 4. The van der Waals surface area contributed by atoms with Crippen LogP contribution in [-0.2, 0) is 0 Å². The van der Waals surface area contributed by atoms with E-state index in [-0.39, 0.29) is 5.69 Å². The summed E-state index contributed by atoms with van der Waals surface area (Å²) in [6, 6.07) is 20.4. The Kier molecular flexibility index (Phi) is 3.57. The highest BCUT2D eigenvalue weighted by atomic mass is 127. The number of fused-ring (bicyclic) bond motifs is 5. The van der Waals surface area contributed by atoms with Gasteiger partial charge in [0.05, 0.1) is 21.5 Å². The number of imidazole rings is 1. The molecule has 5 aromatic rings. The first-order valence-electron chi connectivity index (χ1n) is 8.23. The highest BCUT2D eigenvalue weighted by Crippen LogP contribution is 2.30. The molecular weight excluding hydrogens is 455 g/mol. The third-order valence-corrected chi connectivity index (χ3v) is 5.21. The van der Waals surface area contributed by atoms with Crippen LogP contribution in [0.15, 0.2) is 66.7 Å². The van der Waals surface area contributed by atoms with E-state index in [2.05, 4.69) is 28.7 Å². The van der Waals surface area contributed by atoms with Gasteiger partial charge in [0, 0.05) is 26.7 Å². The zero-order valence-electron chi connectivity index (χ0n) is 13.8. The van der Waals surface area contributed by atoms with Gasteiger partial charge >= 0.3 is 0 Å². The highest BCUT2D eigenvalue weighted by molar-refractivity contribution is 14.1. The molecule has 0 amide bonds. The summed E-state index contributed by atoms with van der Waals surface area (Å²) in [6.07, 6.45) is 0. The number of non-ortho nitro benzene ring substituents is 1. The zero-order chi connectivity index (χ0) is 18.5. The van der Waals surface area contributed by atoms with Gasteiger partial charge in [-0.15, -0.1) is 0 Å². The topological polar surface area (TPSA) is 73.3 Å². The van der Waals surface area contributed by atoms with Crippen LogP contribution in [0, 0.1) is 13.7 Å². The van der Waals surface area contributed by atoms with Crippen molar-refractivity contribution in [3.05, 3.63) is 80.4 Å². The molecule has 0 unspecified atom stereocenters. The Balaban J connectivity index is 1.92. The van der Waals surface area contributed by atoms with Gasteiger partial charge < -0.3 is 0 Å². The molecule has 0 bridgehead atoms. The fraction of sp³-hybridized carbons (Fsp3) is 0. The monoisotopic (exact) mass is 466 g/mol. The zero-order valence-corrected chi connectivity index (χ0v) is 16.0. The van der Waals surface area contributed by atoms with Crippen molar-refractivity contribution in [2.75, 3.05) is 0 Å². The van der Waals surface area contributed by atoms with E-state index >= 15 is 0 Å². The number of hydrogen-bond donors (Lipinski definition) is 0. The van der Waals surface area contributed by atoms with Gasteiger partial charge in [-0.2, -0.15) is 0 Å². The lowest BCUT2D eigenvalue weighted by molar-refractivity contribution is -0.384. The molecule has 0 atom stereocenters. The molecule has 0 radical (unpaired) electrons. The number of halogens is 1. The molecule has 0 saturated carbocycles. The Labute approximate surface area is 166 Å². The summed E-state index contributed by atoms with van der Waals surface area (Å²) in [7, 11) is 0. The van der Waals surface area contributed by atoms with Crippen LogP contribution in [0.25, 0.3) is 39.0 Å². The third-order valence-electron chi connectivity index (χ3n) is 4.53. The van der Waals surface area contributed by atoms with E-state index < -0.39 is 4.92 Å². The molecule has 2 aromatic heterocycles. The van der Waals surface area contributed by atoms with Gasteiger partial charge in [-0.25, -0.2) is 9.97 Å². The predicted molar refractivity (Wildman–Crippen MR) is 113 cm³/mol. The highest BCUT2D eigenvalue weighted by Gasteiger charge is 2.16. The molecule has 3 aromatic carbocycles. The molecular formula is C20H11IN4O2. The van der Waals surface area contributed by atoms with Crippen molar-refractivity contribution in [1.29, 1.82) is 0 Å². The quantitative estimate of drug-likeness (QED) is 0.203. The van der Waals surface area contributed by atoms with E-state index in [1.165, 1.54) is 12.1 Å². The Bertz CT molecular complexity index is 1360. The summed E-state index contributed by atoms with van der Waals surface area (Å²) in [6.45, 7) is 0. The Morgan fingerprint density at radius 1 is 0.926 bits per heavy atom. The molecule has 0 aliphatic heterocycles. The van der Waals surface area contributed by atoms with Gasteiger partial charge in [-0.1, -0.05) is 12.1 Å². The second-order valence-corrected chi connectivity index (χ2v) is 7.41. The van der Waals surface area contributed by atoms with Gasteiger partial charge in [0.15, 0.2) is 0 Å². The van der Waals surface area contributed by atoms with Crippen molar-refractivity contribution in [3.8, 4) is 11.4 Å². The number of nitro benzene ring substituents is 1. The van der Waals surface area contributed by atoms with Crippen molar-refractivity contribution in [2.24, 2.45) is 0 Å². The first-order valence-corrected chi connectivity index (χ1v) is 9.31. The fourth-order valence-corrected chi connectivity index (χ4v) is 3.79. The second kappa shape index (κ2) is 5.98. The average Bonchev–Trinajstić information content (AvgIpc) is 3.07. The maximum absolute atomic E-state index is 11.0. The van der Waals surface area contributed by atoms with E-state index in [9.17, 15) is 10.1 Å². The summed E-state index contributed by atoms with van der Waals surface area (Å²) >= 11 is 2.28. The Hall–Kier alpha value is -3.07. The van der Waals surface area contributed by atoms with E-state index in [0.29, 0.717) is 5.82 Å². The standard InChI is InChI=1S/C20H11IN4O2/c21-13-7-10-16-15(11-13)20-23-17-3-1-2-4-18(17)24(20)19(22-16)12-5-8-14(9-6-12)25(26)27/h1-11H. The van der Waals surface area contributed by atoms with E-state index in [4.69, 9.17) is 9.97 Å². The molecule has 0 N–H and O–H groups in total. The van der Waals surface area contributed by atoms with Gasteiger partial charge in [0.25, 0.3) is 5.69 Å². The Morgan fingerprint density at radius 2 is 1.70 bits per heavy atom. The number of nitrogens with zero attached hydrogens (tertiary/aromatic N) is 4. The molecule has 7 heteroatoms. The normalized spacial score (nSPS) is 11.4. The second-order valence-electron chi connectivity index (χ2n) is 6.16. The van der Waals surface area contributed by atoms with E-state index in [1.807, 2.05) is 40.8 Å². The average molecular weight is 466 g/mol. The predicted octanol–water partition coefficient (Wildman–Crippen LogP) is 5.22. The van der Waals surface area contributed by atoms with Crippen LogP contribution in [0.4, 0.5) is 5.69 Å². The van der Waals surface area contributed by atoms with Gasteiger partial charge in [0.1, 0.15) is 11.5 Å². The number of rotatable bonds is 2. The first kappa shape index (κ1) is 16.1. The summed E-state index contributed by atoms with van der Waals surface area (Å²) in [5.41, 5.74) is 4.36. The molecule has 130 valence electrons.